The quantitative estimate of drug-likeness (QED) is 0.386. The maximum Gasteiger partial charge on any atom is 0.254 e. The van der Waals surface area contributed by atoms with Crippen molar-refractivity contribution in [2.24, 2.45) is 0 Å². The number of nitrogens with zero attached hydrogens (tertiary/aromatic N) is 2. The van der Waals surface area contributed by atoms with Crippen LogP contribution in [-0.2, 0) is 11.3 Å². The van der Waals surface area contributed by atoms with Crippen LogP contribution in [0.4, 0.5) is 0 Å². The van der Waals surface area contributed by atoms with Crippen LogP contribution >= 0.6 is 0 Å². The smallest absolute Gasteiger partial charge is 0.254 e. The first kappa shape index (κ1) is 23.3. The van der Waals surface area contributed by atoms with E-state index in [1.807, 2.05) is 30.3 Å². The molecule has 4 aromatic rings. The van der Waals surface area contributed by atoms with E-state index in [2.05, 4.69) is 10.3 Å². The summed E-state index contributed by atoms with van der Waals surface area (Å²) in [7, 11) is 0. The zero-order valence-corrected chi connectivity index (χ0v) is 19.4. The molecule has 8 heteroatoms. The van der Waals surface area contributed by atoms with E-state index in [4.69, 9.17) is 4.42 Å². The summed E-state index contributed by atoms with van der Waals surface area (Å²) < 4.78 is 5.29. The lowest BCUT2D eigenvalue weighted by atomic mass is 10.0. The second kappa shape index (κ2) is 10.1. The van der Waals surface area contributed by atoms with Crippen LogP contribution in [0.5, 0.6) is 5.75 Å². The zero-order valence-electron chi connectivity index (χ0n) is 19.4. The van der Waals surface area contributed by atoms with Crippen LogP contribution in [0.1, 0.15) is 22.3 Å². The number of aromatic hydroxyl groups is 1. The third kappa shape index (κ3) is 4.99. The SMILES string of the molecule is O=C(NCc1ccc(-c2cnco2)cc1)[C@@H]1C[C@@H](O)CN1C(=O)c1cccc(-c2ccc(O)cc2)c1. The van der Waals surface area contributed by atoms with Gasteiger partial charge in [-0.05, 0) is 41.0 Å². The second-order valence-corrected chi connectivity index (χ2v) is 8.77. The van der Waals surface area contributed by atoms with Crippen LogP contribution < -0.4 is 5.32 Å². The minimum absolute atomic E-state index is 0.0895. The molecule has 1 aromatic heterocycles. The van der Waals surface area contributed by atoms with E-state index in [1.165, 1.54) is 11.3 Å². The first-order valence-corrected chi connectivity index (χ1v) is 11.6. The van der Waals surface area contributed by atoms with Gasteiger partial charge in [0, 0.05) is 30.6 Å². The number of carbonyl (C=O) groups is 2. The lowest BCUT2D eigenvalue weighted by molar-refractivity contribution is -0.125. The summed E-state index contributed by atoms with van der Waals surface area (Å²) in [6, 6.07) is 20.6. The standard InChI is InChI=1S/C28H25N3O5/c32-23-10-8-19(9-11-23)21-2-1-3-22(12-21)28(35)31-16-24(33)13-25(31)27(34)30-14-18-4-6-20(7-5-18)26-15-29-17-36-26/h1-12,15,17,24-25,32-33H,13-14,16H2,(H,30,34)/t24-,25+/m1/s1. The number of nitrogens with one attached hydrogen (secondary N) is 1. The number of aliphatic hydroxyl groups excluding tert-OH is 1. The third-order valence-corrected chi connectivity index (χ3v) is 6.29. The highest BCUT2D eigenvalue weighted by molar-refractivity contribution is 5.99. The average Bonchev–Trinajstić information content (AvgIpc) is 3.58. The Bertz CT molecular complexity index is 1350. The molecule has 0 unspecified atom stereocenters. The fourth-order valence-electron chi connectivity index (χ4n) is 4.39. The lowest BCUT2D eigenvalue weighted by Crippen LogP contribution is -2.45. The van der Waals surface area contributed by atoms with Crippen LogP contribution in [0.3, 0.4) is 0 Å². The number of oxazole rings is 1. The Hall–Kier alpha value is -4.43. The predicted octanol–water partition coefficient (Wildman–Crippen LogP) is 3.61. The van der Waals surface area contributed by atoms with E-state index in [0.717, 1.165) is 22.3 Å². The number of β-amino-alcohol motifs (C(OH)–C–C–N with tert-alkyl or cyclic N) is 1. The Balaban J connectivity index is 1.26. The number of phenolic OH excluding ortho intramolecular Hbond substituents is 1. The van der Waals surface area contributed by atoms with Gasteiger partial charge in [0.05, 0.1) is 12.3 Å². The van der Waals surface area contributed by atoms with E-state index in [9.17, 15) is 19.8 Å². The number of aromatic nitrogens is 1. The molecule has 0 bridgehead atoms. The molecule has 0 saturated carbocycles. The van der Waals surface area contributed by atoms with Gasteiger partial charge in [0.2, 0.25) is 5.91 Å². The van der Waals surface area contributed by atoms with Gasteiger partial charge < -0.3 is 24.8 Å². The van der Waals surface area contributed by atoms with Crippen molar-refractivity contribution in [3.8, 4) is 28.2 Å². The Morgan fingerprint density at radius 3 is 2.47 bits per heavy atom. The molecule has 5 rings (SSSR count). The highest BCUT2D eigenvalue weighted by Gasteiger charge is 2.39. The average molecular weight is 484 g/mol. The number of hydrogen-bond donors (Lipinski definition) is 3. The van der Waals surface area contributed by atoms with Gasteiger partial charge >= 0.3 is 0 Å². The van der Waals surface area contributed by atoms with Crippen molar-refractivity contribution < 1.29 is 24.2 Å². The summed E-state index contributed by atoms with van der Waals surface area (Å²) in [5.41, 5.74) is 3.87. The number of rotatable bonds is 6. The topological polar surface area (TPSA) is 116 Å². The molecule has 36 heavy (non-hydrogen) atoms. The van der Waals surface area contributed by atoms with E-state index >= 15 is 0 Å². The number of amides is 2. The van der Waals surface area contributed by atoms with Gasteiger partial charge in [-0.25, -0.2) is 4.98 Å². The number of phenols is 1. The Labute approximate surface area is 207 Å². The summed E-state index contributed by atoms with van der Waals surface area (Å²) in [4.78, 5) is 31.7. The second-order valence-electron chi connectivity index (χ2n) is 8.77. The number of benzene rings is 3. The Kier molecular flexibility index (Phi) is 6.51. The lowest BCUT2D eigenvalue weighted by Gasteiger charge is -2.24. The highest BCUT2D eigenvalue weighted by Crippen LogP contribution is 2.26. The largest absolute Gasteiger partial charge is 0.508 e. The molecule has 0 aliphatic carbocycles. The van der Waals surface area contributed by atoms with Crippen molar-refractivity contribution in [1.82, 2.24) is 15.2 Å². The fourth-order valence-corrected chi connectivity index (χ4v) is 4.39. The highest BCUT2D eigenvalue weighted by atomic mass is 16.3. The number of aliphatic hydroxyl groups is 1. The van der Waals surface area contributed by atoms with Crippen molar-refractivity contribution in [1.29, 1.82) is 0 Å². The van der Waals surface area contributed by atoms with Gasteiger partial charge in [-0.2, -0.15) is 0 Å². The molecule has 2 atom stereocenters. The van der Waals surface area contributed by atoms with Crippen LogP contribution in [0, 0.1) is 0 Å². The van der Waals surface area contributed by atoms with Crippen molar-refractivity contribution in [3.63, 3.8) is 0 Å². The number of hydrogen-bond acceptors (Lipinski definition) is 6. The number of likely N-dealkylation sites (tertiary alicyclic amines) is 1. The summed E-state index contributed by atoms with van der Waals surface area (Å²) >= 11 is 0. The molecule has 182 valence electrons. The van der Waals surface area contributed by atoms with Crippen LogP contribution in [0.15, 0.2) is 89.8 Å². The predicted molar refractivity (Wildman–Crippen MR) is 133 cm³/mol. The molecule has 1 saturated heterocycles. The first-order chi connectivity index (χ1) is 17.5. The monoisotopic (exact) mass is 483 g/mol. The van der Waals surface area contributed by atoms with E-state index in [0.29, 0.717) is 17.9 Å². The maximum absolute atomic E-state index is 13.4. The molecule has 2 amide bonds. The first-order valence-electron chi connectivity index (χ1n) is 11.6. The van der Waals surface area contributed by atoms with Gasteiger partial charge in [0.25, 0.3) is 5.91 Å². The van der Waals surface area contributed by atoms with E-state index in [1.54, 1.807) is 48.7 Å². The van der Waals surface area contributed by atoms with Crippen molar-refractivity contribution >= 4 is 11.8 Å². The van der Waals surface area contributed by atoms with E-state index < -0.39 is 12.1 Å². The summed E-state index contributed by atoms with van der Waals surface area (Å²) in [5, 5.41) is 22.7. The molecule has 1 aliphatic heterocycles. The molecular weight excluding hydrogens is 458 g/mol. The molecular formula is C28H25N3O5. The molecule has 1 aliphatic rings. The molecule has 3 N–H and O–H groups in total. The summed E-state index contributed by atoms with van der Waals surface area (Å²) in [5.74, 6) is 0.198. The fraction of sp³-hybridized carbons (Fsp3) is 0.179. The molecule has 2 heterocycles. The summed E-state index contributed by atoms with van der Waals surface area (Å²) in [6.07, 6.45) is 2.41. The zero-order chi connectivity index (χ0) is 25.1. The third-order valence-electron chi connectivity index (χ3n) is 6.29. The van der Waals surface area contributed by atoms with Crippen LogP contribution in [0.25, 0.3) is 22.5 Å². The maximum atomic E-state index is 13.4. The van der Waals surface area contributed by atoms with Gasteiger partial charge in [0.15, 0.2) is 12.2 Å². The Morgan fingerprint density at radius 1 is 1.00 bits per heavy atom. The molecule has 3 aromatic carbocycles. The van der Waals surface area contributed by atoms with Gasteiger partial charge in [-0.3, -0.25) is 9.59 Å². The molecule has 0 radical (unpaired) electrons. The van der Waals surface area contributed by atoms with Crippen molar-refractivity contribution in [3.05, 3.63) is 96.5 Å². The van der Waals surface area contributed by atoms with Gasteiger partial charge in [-0.15, -0.1) is 0 Å². The van der Waals surface area contributed by atoms with Gasteiger partial charge in [-0.1, -0.05) is 48.5 Å². The van der Waals surface area contributed by atoms with Crippen LogP contribution in [-0.4, -0.2) is 50.6 Å². The molecule has 0 spiro atoms. The molecule has 8 nitrogen and oxygen atoms in total. The number of carbonyl (C=O) groups excluding carboxylic acids is 2. The Morgan fingerprint density at radius 2 is 1.75 bits per heavy atom. The molecule has 1 fully saturated rings. The normalized spacial score (nSPS) is 17.2. The van der Waals surface area contributed by atoms with Crippen LogP contribution in [0.2, 0.25) is 0 Å². The van der Waals surface area contributed by atoms with Gasteiger partial charge in [0.1, 0.15) is 11.8 Å². The van der Waals surface area contributed by atoms with E-state index in [-0.39, 0.29) is 30.5 Å². The minimum Gasteiger partial charge on any atom is -0.508 e. The van der Waals surface area contributed by atoms with Crippen molar-refractivity contribution in [2.45, 2.75) is 25.1 Å². The summed E-state index contributed by atoms with van der Waals surface area (Å²) in [6.45, 7) is 0.382. The van der Waals surface area contributed by atoms with Crippen molar-refractivity contribution in [2.75, 3.05) is 6.54 Å². The minimum atomic E-state index is -0.772.